The zero-order valence-electron chi connectivity index (χ0n) is 21.4. The number of nitrogens with zero attached hydrogens (tertiary/aromatic N) is 2. The van der Waals surface area contributed by atoms with Gasteiger partial charge >= 0.3 is 0 Å². The second-order valence-corrected chi connectivity index (χ2v) is 11.6. The van der Waals surface area contributed by atoms with Gasteiger partial charge in [0.2, 0.25) is 5.91 Å². The predicted octanol–water partition coefficient (Wildman–Crippen LogP) is 3.48. The zero-order valence-corrected chi connectivity index (χ0v) is 22.2. The monoisotopic (exact) mass is 553 g/mol. The lowest BCUT2D eigenvalue weighted by molar-refractivity contribution is -0.384. The van der Waals surface area contributed by atoms with Gasteiger partial charge in [-0.15, -0.1) is 12.4 Å². The van der Waals surface area contributed by atoms with Gasteiger partial charge in [-0.2, -0.15) is 0 Å². The summed E-state index contributed by atoms with van der Waals surface area (Å²) in [5.74, 6) is 0.914. The minimum Gasteiger partial charge on any atom is -0.504 e. The molecular weight excluding hydrogens is 522 g/mol. The van der Waals surface area contributed by atoms with E-state index in [4.69, 9.17) is 4.74 Å². The van der Waals surface area contributed by atoms with Gasteiger partial charge in [0.05, 0.1) is 22.0 Å². The van der Waals surface area contributed by atoms with Crippen LogP contribution in [0.25, 0.3) is 6.08 Å². The van der Waals surface area contributed by atoms with Crippen LogP contribution in [0.15, 0.2) is 42.5 Å². The molecule has 0 unspecified atom stereocenters. The van der Waals surface area contributed by atoms with Gasteiger partial charge in [0, 0.05) is 36.4 Å². The summed E-state index contributed by atoms with van der Waals surface area (Å²) in [5, 5.41) is 37.4. The standard InChI is InChI=1S/C29H31N3O6.ClH/c33-22-8-7-19-15-23-29(35)11-10-21(30-24(34)9-6-17-2-1-3-20(14-17)32(36)37)27-28(29,25(19)26(22)38-27)12-13-31(23)16-18-4-5-18;/h1-3,6-9,14,18,21,23,27,33,35H,4-5,10-13,15-16H2,(H,30,34);1H/b9-6+;/t21-,23-,27+,28+,29-;/m1./s1. The number of carbonyl (C=O) groups excluding carboxylic acids is 1. The number of likely N-dealkylation sites (tertiary alicyclic amines) is 1. The molecule has 3 aliphatic carbocycles. The van der Waals surface area contributed by atoms with Crippen LogP contribution in [-0.2, 0) is 16.6 Å². The van der Waals surface area contributed by atoms with Crippen molar-refractivity contribution in [1.82, 2.24) is 10.2 Å². The number of phenolic OH excluding ortho intramolecular Hbond substituents is 1. The lowest BCUT2D eigenvalue weighted by Crippen LogP contribution is -2.78. The number of piperidine rings is 1. The van der Waals surface area contributed by atoms with Crippen molar-refractivity contribution in [3.63, 3.8) is 0 Å². The molecular formula is C29H32ClN3O6. The van der Waals surface area contributed by atoms with E-state index in [0.717, 1.165) is 30.6 Å². The number of nitro benzene ring substituents is 1. The van der Waals surface area contributed by atoms with Crippen molar-refractivity contribution in [3.05, 3.63) is 69.3 Å². The number of nitro groups is 1. The van der Waals surface area contributed by atoms with Crippen molar-refractivity contribution in [3.8, 4) is 11.5 Å². The highest BCUT2D eigenvalue weighted by Crippen LogP contribution is 2.65. The molecule has 2 bridgehead atoms. The van der Waals surface area contributed by atoms with Crippen molar-refractivity contribution in [1.29, 1.82) is 0 Å². The Morgan fingerprint density at radius 2 is 2.05 bits per heavy atom. The smallest absolute Gasteiger partial charge is 0.270 e. The lowest BCUT2D eigenvalue weighted by atomic mass is 9.48. The Morgan fingerprint density at radius 3 is 2.82 bits per heavy atom. The maximum atomic E-state index is 13.0. The molecule has 2 saturated carbocycles. The van der Waals surface area contributed by atoms with E-state index < -0.39 is 22.0 Å². The number of phenols is 1. The first-order valence-electron chi connectivity index (χ1n) is 13.5. The largest absolute Gasteiger partial charge is 0.504 e. The minimum absolute atomic E-state index is 0. The van der Waals surface area contributed by atoms with Crippen LogP contribution in [0, 0.1) is 16.0 Å². The Balaban J connectivity index is 0.00000277. The third kappa shape index (κ3) is 3.85. The van der Waals surface area contributed by atoms with E-state index in [0.29, 0.717) is 36.5 Å². The molecule has 10 heteroatoms. The number of non-ortho nitro benzene ring substituents is 1. The highest BCUT2D eigenvalue weighted by Gasteiger charge is 2.73. The van der Waals surface area contributed by atoms with Crippen LogP contribution >= 0.6 is 12.4 Å². The Hall–Kier alpha value is -3.14. The van der Waals surface area contributed by atoms with E-state index in [-0.39, 0.29) is 41.8 Å². The quantitative estimate of drug-likeness (QED) is 0.284. The highest BCUT2D eigenvalue weighted by atomic mass is 35.5. The van der Waals surface area contributed by atoms with E-state index in [1.54, 1.807) is 24.3 Å². The summed E-state index contributed by atoms with van der Waals surface area (Å²) >= 11 is 0. The molecule has 0 aromatic heterocycles. The van der Waals surface area contributed by atoms with Gasteiger partial charge in [0.25, 0.3) is 5.69 Å². The van der Waals surface area contributed by atoms with E-state index in [2.05, 4.69) is 10.2 Å². The summed E-state index contributed by atoms with van der Waals surface area (Å²) in [6, 6.07) is 9.40. The molecule has 3 fully saturated rings. The number of aromatic hydroxyl groups is 1. The lowest BCUT2D eigenvalue weighted by Gasteiger charge is -2.64. The molecule has 2 aliphatic heterocycles. The van der Waals surface area contributed by atoms with Crippen LogP contribution < -0.4 is 10.1 Å². The number of halogens is 1. The topological polar surface area (TPSA) is 125 Å². The summed E-state index contributed by atoms with van der Waals surface area (Å²) in [6.07, 6.45) is 7.47. The minimum atomic E-state index is -1.00. The third-order valence-corrected chi connectivity index (χ3v) is 9.60. The van der Waals surface area contributed by atoms with Gasteiger partial charge in [0.1, 0.15) is 6.10 Å². The van der Waals surface area contributed by atoms with Crippen LogP contribution in [0.1, 0.15) is 48.8 Å². The molecule has 0 radical (unpaired) electrons. The second-order valence-electron chi connectivity index (χ2n) is 11.6. The highest BCUT2D eigenvalue weighted by molar-refractivity contribution is 5.92. The van der Waals surface area contributed by atoms with Gasteiger partial charge in [-0.05, 0) is 74.3 Å². The number of benzene rings is 2. The van der Waals surface area contributed by atoms with Gasteiger partial charge in [0.15, 0.2) is 11.5 Å². The van der Waals surface area contributed by atoms with Crippen LogP contribution in [-0.4, -0.2) is 62.8 Å². The summed E-state index contributed by atoms with van der Waals surface area (Å²) in [4.78, 5) is 26.1. The first-order chi connectivity index (χ1) is 18.3. The van der Waals surface area contributed by atoms with E-state index in [1.165, 1.54) is 31.1 Å². The van der Waals surface area contributed by atoms with Crippen LogP contribution in [0.3, 0.4) is 0 Å². The van der Waals surface area contributed by atoms with Crippen molar-refractivity contribution >= 4 is 30.1 Å². The molecule has 7 rings (SSSR count). The first-order valence-corrected chi connectivity index (χ1v) is 13.5. The average molecular weight is 554 g/mol. The van der Waals surface area contributed by atoms with Crippen molar-refractivity contribution in [2.24, 2.45) is 5.92 Å². The van der Waals surface area contributed by atoms with E-state index in [1.807, 2.05) is 6.07 Å². The van der Waals surface area contributed by atoms with Crippen LogP contribution in [0.4, 0.5) is 5.69 Å². The van der Waals surface area contributed by atoms with Crippen molar-refractivity contribution < 1.29 is 24.7 Å². The number of hydrogen-bond acceptors (Lipinski definition) is 7. The maximum Gasteiger partial charge on any atom is 0.270 e. The van der Waals surface area contributed by atoms with Crippen LogP contribution in [0.5, 0.6) is 11.5 Å². The molecule has 1 amide bonds. The molecule has 39 heavy (non-hydrogen) atoms. The fourth-order valence-corrected chi connectivity index (χ4v) is 7.77. The number of carbonyl (C=O) groups is 1. The fourth-order valence-electron chi connectivity index (χ4n) is 7.77. The van der Waals surface area contributed by atoms with Crippen LogP contribution in [0.2, 0.25) is 0 Å². The van der Waals surface area contributed by atoms with Gasteiger partial charge in [-0.3, -0.25) is 19.8 Å². The predicted molar refractivity (Wildman–Crippen MR) is 146 cm³/mol. The summed E-state index contributed by atoms with van der Waals surface area (Å²) < 4.78 is 6.48. The Morgan fingerprint density at radius 1 is 1.23 bits per heavy atom. The zero-order chi connectivity index (χ0) is 26.2. The Bertz CT molecular complexity index is 1380. The molecule has 1 saturated heterocycles. The summed E-state index contributed by atoms with van der Waals surface area (Å²) in [6.45, 7) is 1.86. The molecule has 5 aliphatic rings. The molecule has 2 aromatic rings. The number of nitrogens with one attached hydrogen (secondary N) is 1. The van der Waals surface area contributed by atoms with Gasteiger partial charge in [-0.25, -0.2) is 0 Å². The van der Waals surface area contributed by atoms with Crippen molar-refractivity contribution in [2.45, 2.75) is 67.7 Å². The van der Waals surface area contributed by atoms with Gasteiger partial charge < -0.3 is 20.3 Å². The molecule has 3 N–H and O–H groups in total. The number of amides is 1. The number of hydrogen-bond donors (Lipinski definition) is 3. The van der Waals surface area contributed by atoms with Crippen molar-refractivity contribution in [2.75, 3.05) is 13.1 Å². The molecule has 9 nitrogen and oxygen atoms in total. The maximum absolute atomic E-state index is 13.0. The second kappa shape index (κ2) is 9.21. The Kier molecular flexibility index (Phi) is 6.17. The summed E-state index contributed by atoms with van der Waals surface area (Å²) in [7, 11) is 0. The van der Waals surface area contributed by atoms with E-state index in [9.17, 15) is 25.1 Å². The van der Waals surface area contributed by atoms with Gasteiger partial charge in [-0.1, -0.05) is 18.2 Å². The molecule has 5 atom stereocenters. The number of ether oxygens (including phenoxy) is 1. The molecule has 1 spiro atoms. The first kappa shape index (κ1) is 26.1. The number of aliphatic hydroxyl groups is 1. The molecule has 2 heterocycles. The third-order valence-electron chi connectivity index (χ3n) is 9.60. The SMILES string of the molecule is Cl.O=C(/C=C/c1cccc([N+](=O)[O-])c1)N[C@@H]1CC[C@@]2(O)[C@H]3Cc4ccc(O)c5c4[C@@]2(CCN3CC2CC2)[C@H]1O5. The Labute approximate surface area is 232 Å². The molecule has 2 aromatic carbocycles. The fraction of sp³-hybridized carbons (Fsp3) is 0.483. The number of rotatable bonds is 6. The van der Waals surface area contributed by atoms with E-state index >= 15 is 0 Å². The molecule has 206 valence electrons. The summed E-state index contributed by atoms with van der Waals surface area (Å²) in [5.41, 5.74) is 0.872. The average Bonchev–Trinajstić information content (AvgIpc) is 3.64. The normalized spacial score (nSPS) is 32.2.